The third-order valence-corrected chi connectivity index (χ3v) is 6.23. The first-order chi connectivity index (χ1) is 13.0. The van der Waals surface area contributed by atoms with Gasteiger partial charge in [0.1, 0.15) is 17.8 Å². The quantitative estimate of drug-likeness (QED) is 0.824. The standard InChI is InChI=1S/C17H23N7O2S/c1-3-18-16(26)22-13-14-19-10-20-24(14)7-5-17(13)4-6-23(9-17)15(25)12-8-27-11(2)21-12/h8,10,13H,3-7,9H2,1-2H3,(H2,18,22,26)/t13-,17+/m1/s1. The van der Waals surface area contributed by atoms with Gasteiger partial charge in [-0.3, -0.25) is 4.79 Å². The Morgan fingerprint density at radius 1 is 1.37 bits per heavy atom. The van der Waals surface area contributed by atoms with E-state index in [9.17, 15) is 9.59 Å². The number of nitrogens with zero attached hydrogens (tertiary/aromatic N) is 5. The van der Waals surface area contributed by atoms with Gasteiger partial charge < -0.3 is 15.5 Å². The van der Waals surface area contributed by atoms with Crippen molar-refractivity contribution < 1.29 is 9.59 Å². The summed E-state index contributed by atoms with van der Waals surface area (Å²) < 4.78 is 1.84. The molecule has 2 aliphatic heterocycles. The molecule has 2 aliphatic rings. The van der Waals surface area contributed by atoms with Crippen LogP contribution in [0.2, 0.25) is 0 Å². The molecule has 0 bridgehead atoms. The van der Waals surface area contributed by atoms with Crippen molar-refractivity contribution in [3.8, 4) is 0 Å². The summed E-state index contributed by atoms with van der Waals surface area (Å²) in [6, 6.07) is -0.506. The molecule has 2 aromatic heterocycles. The summed E-state index contributed by atoms with van der Waals surface area (Å²) in [7, 11) is 0. The molecule has 1 spiro atoms. The van der Waals surface area contributed by atoms with Crippen LogP contribution in [0.5, 0.6) is 0 Å². The molecule has 10 heteroatoms. The zero-order valence-corrected chi connectivity index (χ0v) is 16.3. The van der Waals surface area contributed by atoms with Gasteiger partial charge in [-0.2, -0.15) is 5.10 Å². The summed E-state index contributed by atoms with van der Waals surface area (Å²) in [5, 5.41) is 12.8. The maximum atomic E-state index is 12.9. The average Bonchev–Trinajstić information content (AvgIpc) is 3.37. The monoisotopic (exact) mass is 389 g/mol. The van der Waals surface area contributed by atoms with Gasteiger partial charge in [0, 0.05) is 37.0 Å². The molecule has 0 radical (unpaired) electrons. The third kappa shape index (κ3) is 3.18. The fourth-order valence-electron chi connectivity index (χ4n) is 4.11. The van der Waals surface area contributed by atoms with Crippen LogP contribution in [0.25, 0.3) is 0 Å². The highest BCUT2D eigenvalue weighted by molar-refractivity contribution is 7.09. The van der Waals surface area contributed by atoms with Gasteiger partial charge in [-0.15, -0.1) is 11.3 Å². The molecule has 1 saturated heterocycles. The van der Waals surface area contributed by atoms with Crippen molar-refractivity contribution in [2.45, 2.75) is 39.3 Å². The molecule has 0 aliphatic carbocycles. The molecule has 0 unspecified atom stereocenters. The fourth-order valence-corrected chi connectivity index (χ4v) is 4.70. The summed E-state index contributed by atoms with van der Waals surface area (Å²) in [5.74, 6) is 0.714. The third-order valence-electron chi connectivity index (χ3n) is 5.46. The van der Waals surface area contributed by atoms with Crippen LogP contribution in [-0.2, 0) is 6.54 Å². The molecule has 144 valence electrons. The minimum absolute atomic E-state index is 0.0416. The molecular weight excluding hydrogens is 366 g/mol. The molecule has 3 amide bonds. The molecule has 1 fully saturated rings. The van der Waals surface area contributed by atoms with Crippen molar-refractivity contribution in [2.75, 3.05) is 19.6 Å². The maximum absolute atomic E-state index is 12.9. The normalized spacial score (nSPS) is 24.1. The van der Waals surface area contributed by atoms with Gasteiger partial charge in [-0.25, -0.2) is 19.4 Å². The molecule has 2 N–H and O–H groups in total. The number of aromatic nitrogens is 4. The van der Waals surface area contributed by atoms with Crippen LogP contribution in [0.1, 0.15) is 47.1 Å². The van der Waals surface area contributed by atoms with E-state index in [0.717, 1.165) is 30.2 Å². The minimum Gasteiger partial charge on any atom is -0.338 e. The maximum Gasteiger partial charge on any atom is 0.315 e. The van der Waals surface area contributed by atoms with Gasteiger partial charge in [0.15, 0.2) is 0 Å². The molecule has 27 heavy (non-hydrogen) atoms. The fraction of sp³-hybridized carbons (Fsp3) is 0.588. The topological polar surface area (TPSA) is 105 Å². The Hall–Kier alpha value is -2.49. The lowest BCUT2D eigenvalue weighted by atomic mass is 9.74. The first-order valence-electron chi connectivity index (χ1n) is 9.16. The van der Waals surface area contributed by atoms with Gasteiger partial charge in [0.2, 0.25) is 0 Å². The molecule has 4 heterocycles. The lowest BCUT2D eigenvalue weighted by Crippen LogP contribution is -2.50. The number of carbonyl (C=O) groups excluding carboxylic acids is 2. The largest absolute Gasteiger partial charge is 0.338 e. The number of aryl methyl sites for hydroxylation is 2. The number of hydrogen-bond donors (Lipinski definition) is 2. The Labute approximate surface area is 161 Å². The summed E-state index contributed by atoms with van der Waals surface area (Å²) >= 11 is 1.48. The second-order valence-corrected chi connectivity index (χ2v) is 8.18. The highest BCUT2D eigenvalue weighted by Gasteiger charge is 2.51. The zero-order chi connectivity index (χ0) is 19.0. The van der Waals surface area contributed by atoms with E-state index >= 15 is 0 Å². The first kappa shape index (κ1) is 17.9. The van der Waals surface area contributed by atoms with Crippen molar-refractivity contribution in [1.82, 2.24) is 35.3 Å². The number of fused-ring (bicyclic) bond motifs is 1. The predicted molar refractivity (Wildman–Crippen MR) is 99.4 cm³/mol. The molecule has 2 aromatic rings. The Balaban J connectivity index is 1.59. The van der Waals surface area contributed by atoms with Crippen LogP contribution >= 0.6 is 11.3 Å². The number of hydrogen-bond acceptors (Lipinski definition) is 6. The van der Waals surface area contributed by atoms with Crippen LogP contribution in [0.4, 0.5) is 4.79 Å². The first-order valence-corrected chi connectivity index (χ1v) is 10.0. The van der Waals surface area contributed by atoms with Gasteiger partial charge in [-0.05, 0) is 26.7 Å². The SMILES string of the molecule is CCNC(=O)N[C@@H]1c2ncnn2CC[C@]12CCN(C(=O)c1csc(C)n1)C2. The minimum atomic E-state index is -0.282. The molecule has 9 nitrogen and oxygen atoms in total. The van der Waals surface area contributed by atoms with Crippen molar-refractivity contribution in [3.05, 3.63) is 28.2 Å². The van der Waals surface area contributed by atoms with Gasteiger partial charge in [0.25, 0.3) is 5.91 Å². The van der Waals surface area contributed by atoms with E-state index in [0.29, 0.717) is 25.3 Å². The van der Waals surface area contributed by atoms with E-state index in [2.05, 4.69) is 25.7 Å². The van der Waals surface area contributed by atoms with Crippen molar-refractivity contribution >= 4 is 23.3 Å². The smallest absolute Gasteiger partial charge is 0.315 e. The van der Waals surface area contributed by atoms with Gasteiger partial charge >= 0.3 is 6.03 Å². The summed E-state index contributed by atoms with van der Waals surface area (Å²) in [4.78, 5) is 35.7. The summed E-state index contributed by atoms with van der Waals surface area (Å²) in [5.41, 5.74) is 0.260. The van der Waals surface area contributed by atoms with Crippen LogP contribution in [0, 0.1) is 12.3 Å². The van der Waals surface area contributed by atoms with Crippen molar-refractivity contribution in [1.29, 1.82) is 0 Å². The Morgan fingerprint density at radius 3 is 2.93 bits per heavy atom. The second kappa shape index (κ2) is 6.91. The van der Waals surface area contributed by atoms with Gasteiger partial charge in [-0.1, -0.05) is 0 Å². The molecule has 0 saturated carbocycles. The van der Waals surface area contributed by atoms with Gasteiger partial charge in [0.05, 0.1) is 11.0 Å². The van der Waals surface area contributed by atoms with E-state index < -0.39 is 0 Å². The molecule has 0 aromatic carbocycles. The number of thiazole rings is 1. The molecule has 2 atom stereocenters. The van der Waals surface area contributed by atoms with Crippen LogP contribution in [0.15, 0.2) is 11.7 Å². The Kier molecular flexibility index (Phi) is 4.58. The molecular formula is C17H23N7O2S. The van der Waals surface area contributed by atoms with E-state index in [1.54, 1.807) is 0 Å². The zero-order valence-electron chi connectivity index (χ0n) is 15.4. The summed E-state index contributed by atoms with van der Waals surface area (Å²) in [6.07, 6.45) is 3.17. The van der Waals surface area contributed by atoms with Crippen LogP contribution < -0.4 is 10.6 Å². The van der Waals surface area contributed by atoms with E-state index in [4.69, 9.17) is 0 Å². The van der Waals surface area contributed by atoms with Crippen molar-refractivity contribution in [2.24, 2.45) is 5.41 Å². The number of likely N-dealkylation sites (tertiary alicyclic amines) is 1. The number of rotatable bonds is 3. The number of carbonyl (C=O) groups is 2. The van der Waals surface area contributed by atoms with E-state index in [1.165, 1.54) is 17.7 Å². The van der Waals surface area contributed by atoms with E-state index in [1.807, 2.05) is 28.8 Å². The van der Waals surface area contributed by atoms with Crippen LogP contribution in [-0.4, -0.2) is 56.2 Å². The predicted octanol–water partition coefficient (Wildman–Crippen LogP) is 1.34. The summed E-state index contributed by atoms with van der Waals surface area (Å²) in [6.45, 7) is 6.29. The number of urea groups is 1. The van der Waals surface area contributed by atoms with E-state index in [-0.39, 0.29) is 23.4 Å². The lowest BCUT2D eigenvalue weighted by molar-refractivity contribution is 0.0729. The Morgan fingerprint density at radius 2 is 2.19 bits per heavy atom. The average molecular weight is 389 g/mol. The second-order valence-electron chi connectivity index (χ2n) is 7.12. The lowest BCUT2D eigenvalue weighted by Gasteiger charge is -2.40. The van der Waals surface area contributed by atoms with Crippen molar-refractivity contribution in [3.63, 3.8) is 0 Å². The Bertz CT molecular complexity index is 863. The molecule has 4 rings (SSSR count). The number of nitrogens with one attached hydrogen (secondary N) is 2. The highest BCUT2D eigenvalue weighted by Crippen LogP contribution is 2.47. The van der Waals surface area contributed by atoms with Crippen LogP contribution in [0.3, 0.4) is 0 Å². The highest BCUT2D eigenvalue weighted by atomic mass is 32.1. The number of amides is 3.